The number of anilines is 1. The first-order chi connectivity index (χ1) is 11.7. The standard InChI is InChI=1S/C19H15ClN2O2/c20-18-16(10-6-12-21-18)19(23)22-17-11-5-4-7-14(17)13-24-15-8-2-1-3-9-15/h1-12H,13H2,(H,22,23). The first-order valence-electron chi connectivity index (χ1n) is 7.41. The zero-order valence-electron chi connectivity index (χ0n) is 12.8. The van der Waals surface area contributed by atoms with Gasteiger partial charge in [0, 0.05) is 17.4 Å². The Labute approximate surface area is 145 Å². The van der Waals surface area contributed by atoms with E-state index in [4.69, 9.17) is 16.3 Å². The summed E-state index contributed by atoms with van der Waals surface area (Å²) in [4.78, 5) is 16.3. The van der Waals surface area contributed by atoms with Crippen molar-refractivity contribution in [2.75, 3.05) is 5.32 Å². The third-order valence-electron chi connectivity index (χ3n) is 3.41. The number of halogens is 1. The fraction of sp³-hybridized carbons (Fsp3) is 0.0526. The second-order valence-corrected chi connectivity index (χ2v) is 5.41. The van der Waals surface area contributed by atoms with Gasteiger partial charge >= 0.3 is 0 Å². The van der Waals surface area contributed by atoms with Gasteiger partial charge in [-0.05, 0) is 30.3 Å². The van der Waals surface area contributed by atoms with Crippen molar-refractivity contribution in [2.45, 2.75) is 6.61 Å². The van der Waals surface area contributed by atoms with Gasteiger partial charge in [0.25, 0.3) is 5.91 Å². The number of nitrogens with zero attached hydrogens (tertiary/aromatic N) is 1. The molecule has 0 unspecified atom stereocenters. The SMILES string of the molecule is O=C(Nc1ccccc1COc1ccccc1)c1cccnc1Cl. The average Bonchev–Trinajstić information content (AvgIpc) is 2.62. The maximum absolute atomic E-state index is 12.4. The molecule has 1 amide bonds. The number of hydrogen-bond donors (Lipinski definition) is 1. The lowest BCUT2D eigenvalue weighted by molar-refractivity contribution is 0.102. The lowest BCUT2D eigenvalue weighted by atomic mass is 10.1. The molecule has 0 bridgehead atoms. The number of nitrogens with one attached hydrogen (secondary N) is 1. The molecule has 2 aromatic carbocycles. The van der Waals surface area contributed by atoms with E-state index in [0.29, 0.717) is 17.9 Å². The molecule has 0 saturated carbocycles. The third kappa shape index (κ3) is 3.91. The molecular weight excluding hydrogens is 324 g/mol. The molecule has 3 aromatic rings. The molecule has 5 heteroatoms. The molecule has 0 aliphatic heterocycles. The number of rotatable bonds is 5. The van der Waals surface area contributed by atoms with Crippen molar-refractivity contribution in [3.63, 3.8) is 0 Å². The smallest absolute Gasteiger partial charge is 0.258 e. The van der Waals surface area contributed by atoms with E-state index in [1.54, 1.807) is 18.3 Å². The van der Waals surface area contributed by atoms with Gasteiger partial charge in [-0.3, -0.25) is 4.79 Å². The Kier molecular flexibility index (Phi) is 5.08. The average molecular weight is 339 g/mol. The molecule has 3 rings (SSSR count). The number of amides is 1. The zero-order chi connectivity index (χ0) is 16.8. The van der Waals surface area contributed by atoms with Gasteiger partial charge in [0.05, 0.1) is 5.56 Å². The zero-order valence-corrected chi connectivity index (χ0v) is 13.5. The molecule has 24 heavy (non-hydrogen) atoms. The number of para-hydroxylation sites is 2. The number of pyridine rings is 1. The quantitative estimate of drug-likeness (QED) is 0.693. The predicted molar refractivity (Wildman–Crippen MR) is 94.4 cm³/mol. The Balaban J connectivity index is 1.74. The van der Waals surface area contributed by atoms with E-state index in [-0.39, 0.29) is 11.1 Å². The minimum absolute atomic E-state index is 0.174. The predicted octanol–water partition coefficient (Wildman–Crippen LogP) is 4.57. The molecule has 0 spiro atoms. The Morgan fingerprint density at radius 2 is 1.75 bits per heavy atom. The van der Waals surface area contributed by atoms with E-state index in [2.05, 4.69) is 10.3 Å². The van der Waals surface area contributed by atoms with Gasteiger partial charge in [0.2, 0.25) is 0 Å². The van der Waals surface area contributed by atoms with Crippen LogP contribution in [-0.4, -0.2) is 10.9 Å². The first kappa shape index (κ1) is 16.0. The first-order valence-corrected chi connectivity index (χ1v) is 7.79. The number of hydrogen-bond acceptors (Lipinski definition) is 3. The van der Waals surface area contributed by atoms with Gasteiger partial charge in [0.15, 0.2) is 0 Å². The van der Waals surface area contributed by atoms with E-state index < -0.39 is 0 Å². The Morgan fingerprint density at radius 1 is 1.00 bits per heavy atom. The molecule has 0 saturated heterocycles. The van der Waals surface area contributed by atoms with Gasteiger partial charge in [-0.2, -0.15) is 0 Å². The van der Waals surface area contributed by atoms with E-state index in [9.17, 15) is 4.79 Å². The van der Waals surface area contributed by atoms with Crippen LogP contribution in [0, 0.1) is 0 Å². The van der Waals surface area contributed by atoms with E-state index in [1.165, 1.54) is 0 Å². The molecule has 1 heterocycles. The van der Waals surface area contributed by atoms with Crippen molar-refractivity contribution in [1.82, 2.24) is 4.98 Å². The van der Waals surface area contributed by atoms with Crippen LogP contribution in [0.3, 0.4) is 0 Å². The summed E-state index contributed by atoms with van der Waals surface area (Å²) in [6.45, 7) is 0.348. The largest absolute Gasteiger partial charge is 0.489 e. The summed E-state index contributed by atoms with van der Waals surface area (Å²) in [5.41, 5.74) is 1.88. The van der Waals surface area contributed by atoms with Crippen LogP contribution in [0.1, 0.15) is 15.9 Å². The monoisotopic (exact) mass is 338 g/mol. The molecule has 4 nitrogen and oxygen atoms in total. The van der Waals surface area contributed by atoms with Crippen molar-refractivity contribution in [3.8, 4) is 5.75 Å². The van der Waals surface area contributed by atoms with Gasteiger partial charge in [0.1, 0.15) is 17.5 Å². The van der Waals surface area contributed by atoms with Gasteiger partial charge in [-0.25, -0.2) is 4.98 Å². The van der Waals surface area contributed by atoms with Gasteiger partial charge < -0.3 is 10.1 Å². The number of carbonyl (C=O) groups is 1. The van der Waals surface area contributed by atoms with E-state index in [1.807, 2.05) is 54.6 Å². The summed E-state index contributed by atoms with van der Waals surface area (Å²) in [5, 5.41) is 3.03. The minimum atomic E-state index is -0.305. The fourth-order valence-corrected chi connectivity index (χ4v) is 2.40. The lowest BCUT2D eigenvalue weighted by Crippen LogP contribution is -2.14. The van der Waals surface area contributed by atoms with Crippen molar-refractivity contribution in [3.05, 3.63) is 89.2 Å². The van der Waals surface area contributed by atoms with Crippen molar-refractivity contribution >= 4 is 23.2 Å². The number of ether oxygens (including phenoxy) is 1. The molecule has 0 fully saturated rings. The Morgan fingerprint density at radius 3 is 2.54 bits per heavy atom. The van der Waals surface area contributed by atoms with Crippen LogP contribution in [0.2, 0.25) is 5.15 Å². The van der Waals surface area contributed by atoms with Crippen LogP contribution in [0.15, 0.2) is 72.9 Å². The van der Waals surface area contributed by atoms with Gasteiger partial charge in [-0.15, -0.1) is 0 Å². The summed E-state index contributed by atoms with van der Waals surface area (Å²) in [6, 6.07) is 20.3. The van der Waals surface area contributed by atoms with Crippen LogP contribution in [-0.2, 0) is 6.61 Å². The minimum Gasteiger partial charge on any atom is -0.489 e. The highest BCUT2D eigenvalue weighted by molar-refractivity contribution is 6.33. The molecule has 0 aliphatic rings. The topological polar surface area (TPSA) is 51.2 Å². The van der Waals surface area contributed by atoms with Crippen molar-refractivity contribution in [1.29, 1.82) is 0 Å². The number of aromatic nitrogens is 1. The second kappa shape index (κ2) is 7.62. The fourth-order valence-electron chi connectivity index (χ4n) is 2.19. The number of carbonyl (C=O) groups excluding carboxylic acids is 1. The second-order valence-electron chi connectivity index (χ2n) is 5.05. The van der Waals surface area contributed by atoms with Crippen LogP contribution in [0.4, 0.5) is 5.69 Å². The lowest BCUT2D eigenvalue weighted by Gasteiger charge is -2.12. The molecule has 120 valence electrons. The highest BCUT2D eigenvalue weighted by Gasteiger charge is 2.12. The Hall–Kier alpha value is -2.85. The van der Waals surface area contributed by atoms with Crippen molar-refractivity contribution < 1.29 is 9.53 Å². The highest BCUT2D eigenvalue weighted by atomic mass is 35.5. The summed E-state index contributed by atoms with van der Waals surface area (Å²) in [5.74, 6) is 0.467. The van der Waals surface area contributed by atoms with E-state index in [0.717, 1.165) is 11.3 Å². The maximum Gasteiger partial charge on any atom is 0.258 e. The highest BCUT2D eigenvalue weighted by Crippen LogP contribution is 2.20. The molecular formula is C19H15ClN2O2. The molecule has 0 aliphatic carbocycles. The maximum atomic E-state index is 12.4. The molecule has 0 atom stereocenters. The van der Waals surface area contributed by atoms with Gasteiger partial charge in [-0.1, -0.05) is 48.0 Å². The normalized spacial score (nSPS) is 10.2. The molecule has 1 aromatic heterocycles. The summed E-state index contributed by atoms with van der Waals surface area (Å²) in [6.07, 6.45) is 1.54. The van der Waals surface area contributed by atoms with Crippen LogP contribution in [0.25, 0.3) is 0 Å². The molecule has 0 radical (unpaired) electrons. The third-order valence-corrected chi connectivity index (χ3v) is 3.71. The van der Waals surface area contributed by atoms with E-state index >= 15 is 0 Å². The summed E-state index contributed by atoms with van der Waals surface area (Å²) in [7, 11) is 0. The van der Waals surface area contributed by atoms with Crippen LogP contribution in [0.5, 0.6) is 5.75 Å². The summed E-state index contributed by atoms with van der Waals surface area (Å²) >= 11 is 5.97. The number of benzene rings is 2. The van der Waals surface area contributed by atoms with Crippen LogP contribution >= 0.6 is 11.6 Å². The Bertz CT molecular complexity index is 838. The van der Waals surface area contributed by atoms with Crippen molar-refractivity contribution in [2.24, 2.45) is 0 Å². The summed E-state index contributed by atoms with van der Waals surface area (Å²) < 4.78 is 5.75. The van der Waals surface area contributed by atoms with Crippen LogP contribution < -0.4 is 10.1 Å². The molecule has 1 N–H and O–H groups in total.